The van der Waals surface area contributed by atoms with Gasteiger partial charge in [0.15, 0.2) is 0 Å². The van der Waals surface area contributed by atoms with Gasteiger partial charge in [-0.25, -0.2) is 4.79 Å². The van der Waals surface area contributed by atoms with E-state index in [1.54, 1.807) is 6.33 Å². The molecule has 1 heterocycles. The van der Waals surface area contributed by atoms with E-state index in [1.165, 1.54) is 0 Å². The minimum absolute atomic E-state index is 0.0393. The quantitative estimate of drug-likeness (QED) is 0.868. The molecule has 1 saturated carbocycles. The molecule has 2 rings (SSSR count). The fourth-order valence-electron chi connectivity index (χ4n) is 2.88. The van der Waals surface area contributed by atoms with Gasteiger partial charge in [-0.3, -0.25) is 0 Å². The number of carbonyl (C=O) groups excluding carboxylic acids is 1. The number of hydrogen-bond acceptors (Lipinski definition) is 3. The number of aryl methyl sites for hydroxylation is 1. The summed E-state index contributed by atoms with van der Waals surface area (Å²) in [7, 11) is 0. The fourth-order valence-corrected chi connectivity index (χ4v) is 2.88. The summed E-state index contributed by atoms with van der Waals surface area (Å²) in [6, 6.07) is -0.847. The van der Waals surface area contributed by atoms with Crippen LogP contribution in [0.25, 0.3) is 0 Å². The van der Waals surface area contributed by atoms with Crippen LogP contribution in [0.3, 0.4) is 0 Å². The summed E-state index contributed by atoms with van der Waals surface area (Å²) in [5.41, 5.74) is 0. The lowest BCUT2D eigenvalue weighted by atomic mass is 9.85. The SMILES string of the molecule is CCc1nncn1CCNC(=O)N[C@@H]1CCC[C@H](C(F)(F)F)C1. The first-order valence-corrected chi connectivity index (χ1v) is 7.88. The van der Waals surface area contributed by atoms with Crippen LogP contribution in [-0.2, 0) is 13.0 Å². The third-order valence-electron chi connectivity index (χ3n) is 4.12. The summed E-state index contributed by atoms with van der Waals surface area (Å²) in [6.45, 7) is 2.85. The number of halogens is 3. The van der Waals surface area contributed by atoms with Crippen LogP contribution >= 0.6 is 0 Å². The van der Waals surface area contributed by atoms with Gasteiger partial charge in [-0.1, -0.05) is 13.3 Å². The number of nitrogens with zero attached hydrogens (tertiary/aromatic N) is 3. The maximum Gasteiger partial charge on any atom is 0.391 e. The predicted molar refractivity (Wildman–Crippen MR) is 77.7 cm³/mol. The van der Waals surface area contributed by atoms with Crippen LogP contribution in [-0.4, -0.2) is 39.6 Å². The monoisotopic (exact) mass is 333 g/mol. The second-order valence-corrected chi connectivity index (χ2v) is 5.80. The lowest BCUT2D eigenvalue weighted by Crippen LogP contribution is -2.46. The highest BCUT2D eigenvalue weighted by Gasteiger charge is 2.42. The van der Waals surface area contributed by atoms with Gasteiger partial charge in [0.25, 0.3) is 0 Å². The Balaban J connectivity index is 1.72. The standard InChI is InChI=1S/C14H22F3N5O/c1-2-12-21-19-9-22(12)7-6-18-13(23)20-11-5-3-4-10(8-11)14(15,16)17/h9-11H,2-8H2,1H3,(H2,18,20,23)/t10-,11+/m0/s1. The Labute approximate surface area is 132 Å². The molecular weight excluding hydrogens is 311 g/mol. The molecule has 0 aromatic carbocycles. The zero-order valence-electron chi connectivity index (χ0n) is 13.1. The van der Waals surface area contributed by atoms with Gasteiger partial charge >= 0.3 is 12.2 Å². The Bertz CT molecular complexity index is 517. The summed E-state index contributed by atoms with van der Waals surface area (Å²) in [4.78, 5) is 11.8. The fraction of sp³-hybridized carbons (Fsp3) is 0.786. The Morgan fingerprint density at radius 3 is 2.91 bits per heavy atom. The second kappa shape index (κ2) is 7.65. The summed E-state index contributed by atoms with van der Waals surface area (Å²) in [5, 5.41) is 13.0. The smallest absolute Gasteiger partial charge is 0.336 e. The van der Waals surface area contributed by atoms with Gasteiger partial charge in [-0.05, 0) is 19.3 Å². The van der Waals surface area contributed by atoms with Crippen LogP contribution < -0.4 is 10.6 Å². The van der Waals surface area contributed by atoms with Gasteiger partial charge in [-0.2, -0.15) is 13.2 Å². The van der Waals surface area contributed by atoms with E-state index in [1.807, 2.05) is 11.5 Å². The van der Waals surface area contributed by atoms with E-state index in [4.69, 9.17) is 0 Å². The largest absolute Gasteiger partial charge is 0.391 e. The lowest BCUT2D eigenvalue weighted by Gasteiger charge is -2.31. The van der Waals surface area contributed by atoms with Gasteiger partial charge in [0.1, 0.15) is 12.2 Å². The molecule has 1 aromatic heterocycles. The molecule has 1 aliphatic carbocycles. The van der Waals surface area contributed by atoms with Crippen LogP contribution in [0.1, 0.15) is 38.4 Å². The normalized spacial score (nSPS) is 21.9. The van der Waals surface area contributed by atoms with E-state index >= 15 is 0 Å². The average molecular weight is 333 g/mol. The molecule has 1 aliphatic rings. The maximum atomic E-state index is 12.7. The van der Waals surface area contributed by atoms with Crippen molar-refractivity contribution in [3.8, 4) is 0 Å². The number of alkyl halides is 3. The van der Waals surface area contributed by atoms with E-state index in [9.17, 15) is 18.0 Å². The molecule has 0 bridgehead atoms. The highest BCUT2D eigenvalue weighted by Crippen LogP contribution is 2.37. The highest BCUT2D eigenvalue weighted by atomic mass is 19.4. The molecule has 0 saturated heterocycles. The molecule has 6 nitrogen and oxygen atoms in total. The number of amides is 2. The molecule has 23 heavy (non-hydrogen) atoms. The molecule has 2 N–H and O–H groups in total. The molecule has 0 aliphatic heterocycles. The Hall–Kier alpha value is -1.80. The lowest BCUT2D eigenvalue weighted by molar-refractivity contribution is -0.183. The van der Waals surface area contributed by atoms with Gasteiger partial charge in [0.05, 0.1) is 5.92 Å². The van der Waals surface area contributed by atoms with Crippen molar-refractivity contribution in [3.63, 3.8) is 0 Å². The number of carbonyl (C=O) groups is 1. The van der Waals surface area contributed by atoms with Crippen LogP contribution in [0.2, 0.25) is 0 Å². The van der Waals surface area contributed by atoms with Gasteiger partial charge in [0, 0.05) is 25.6 Å². The van der Waals surface area contributed by atoms with Crippen molar-refractivity contribution in [3.05, 3.63) is 12.2 Å². The van der Waals surface area contributed by atoms with Crippen molar-refractivity contribution in [1.82, 2.24) is 25.4 Å². The topological polar surface area (TPSA) is 71.8 Å². The van der Waals surface area contributed by atoms with E-state index in [2.05, 4.69) is 20.8 Å². The molecule has 2 atom stereocenters. The molecule has 9 heteroatoms. The van der Waals surface area contributed by atoms with Crippen LogP contribution in [0.4, 0.5) is 18.0 Å². The van der Waals surface area contributed by atoms with Gasteiger partial charge in [-0.15, -0.1) is 10.2 Å². The molecule has 0 unspecified atom stereocenters. The average Bonchev–Trinajstić information content (AvgIpc) is 2.94. The van der Waals surface area contributed by atoms with Crippen molar-refractivity contribution >= 4 is 6.03 Å². The molecule has 1 aromatic rings. The maximum absolute atomic E-state index is 12.7. The Morgan fingerprint density at radius 2 is 2.22 bits per heavy atom. The predicted octanol–water partition coefficient (Wildman–Crippen LogP) is 2.26. The Morgan fingerprint density at radius 1 is 1.43 bits per heavy atom. The van der Waals surface area contributed by atoms with Crippen molar-refractivity contribution in [1.29, 1.82) is 0 Å². The summed E-state index contributed by atoms with van der Waals surface area (Å²) < 4.78 is 40.1. The van der Waals surface area contributed by atoms with Gasteiger partial charge in [0.2, 0.25) is 0 Å². The number of urea groups is 1. The number of hydrogen-bond donors (Lipinski definition) is 2. The molecule has 2 amide bonds. The van der Waals surface area contributed by atoms with E-state index in [-0.39, 0.29) is 12.8 Å². The van der Waals surface area contributed by atoms with Crippen molar-refractivity contribution in [2.45, 2.75) is 57.8 Å². The molecule has 0 spiro atoms. The first-order chi connectivity index (χ1) is 10.9. The summed E-state index contributed by atoms with van der Waals surface area (Å²) in [6.07, 6.45) is -0.664. The van der Waals surface area contributed by atoms with Crippen LogP contribution in [0.15, 0.2) is 6.33 Å². The van der Waals surface area contributed by atoms with E-state index in [0.717, 1.165) is 12.2 Å². The summed E-state index contributed by atoms with van der Waals surface area (Å²) in [5.74, 6) is -0.488. The molecule has 130 valence electrons. The number of nitrogens with one attached hydrogen (secondary N) is 2. The zero-order chi connectivity index (χ0) is 16.9. The third-order valence-corrected chi connectivity index (χ3v) is 4.12. The minimum atomic E-state index is -4.18. The van der Waals surface area contributed by atoms with Crippen molar-refractivity contribution < 1.29 is 18.0 Å². The minimum Gasteiger partial charge on any atom is -0.336 e. The van der Waals surface area contributed by atoms with Crippen molar-refractivity contribution in [2.75, 3.05) is 6.54 Å². The van der Waals surface area contributed by atoms with E-state index in [0.29, 0.717) is 25.9 Å². The second-order valence-electron chi connectivity index (χ2n) is 5.80. The molecular formula is C14H22F3N5O. The van der Waals surface area contributed by atoms with Crippen LogP contribution in [0, 0.1) is 5.92 Å². The third kappa shape index (κ3) is 5.11. The zero-order valence-corrected chi connectivity index (χ0v) is 13.1. The first kappa shape index (κ1) is 17.6. The van der Waals surface area contributed by atoms with E-state index < -0.39 is 24.2 Å². The number of rotatable bonds is 5. The summed E-state index contributed by atoms with van der Waals surface area (Å²) >= 11 is 0. The Kier molecular flexibility index (Phi) is 5.84. The van der Waals surface area contributed by atoms with Crippen LogP contribution in [0.5, 0.6) is 0 Å². The molecule has 1 fully saturated rings. The molecule has 0 radical (unpaired) electrons. The number of aromatic nitrogens is 3. The highest BCUT2D eigenvalue weighted by molar-refractivity contribution is 5.74. The first-order valence-electron chi connectivity index (χ1n) is 7.88. The van der Waals surface area contributed by atoms with Gasteiger partial charge < -0.3 is 15.2 Å². The van der Waals surface area contributed by atoms with Crippen molar-refractivity contribution in [2.24, 2.45) is 5.92 Å².